The third-order valence-electron chi connectivity index (χ3n) is 3.12. The minimum absolute atomic E-state index is 0.112. The maximum atomic E-state index is 12.9. The van der Waals surface area contributed by atoms with Crippen molar-refractivity contribution in [2.45, 2.75) is 6.18 Å². The second-order valence-corrected chi connectivity index (χ2v) is 4.83. The summed E-state index contributed by atoms with van der Waals surface area (Å²) in [6.45, 7) is 0. The monoisotopic (exact) mass is 347 g/mol. The molecule has 2 rings (SSSR count). The second-order valence-electron chi connectivity index (χ2n) is 4.83. The molecule has 0 spiro atoms. The van der Waals surface area contributed by atoms with E-state index < -0.39 is 28.9 Å². The number of alkyl halides is 3. The van der Waals surface area contributed by atoms with Crippen molar-refractivity contribution in [3.8, 4) is 11.8 Å². The SMILES string of the molecule is N#C/C(=C/Nc1ccccc1O)C(=O)Nc1ccccc1C(F)(F)F. The predicted molar refractivity (Wildman–Crippen MR) is 85.5 cm³/mol. The number of carbonyl (C=O) groups is 1. The van der Waals surface area contributed by atoms with Gasteiger partial charge in [0.05, 0.1) is 16.9 Å². The second kappa shape index (κ2) is 7.40. The topological polar surface area (TPSA) is 85.2 Å². The van der Waals surface area contributed by atoms with Gasteiger partial charge in [-0.05, 0) is 24.3 Å². The Morgan fingerprint density at radius 3 is 2.28 bits per heavy atom. The maximum absolute atomic E-state index is 12.9. The number of amides is 1. The van der Waals surface area contributed by atoms with Gasteiger partial charge in [-0.3, -0.25) is 4.79 Å². The van der Waals surface area contributed by atoms with Crippen LogP contribution < -0.4 is 10.6 Å². The summed E-state index contributed by atoms with van der Waals surface area (Å²) in [4.78, 5) is 12.1. The van der Waals surface area contributed by atoms with Gasteiger partial charge >= 0.3 is 6.18 Å². The van der Waals surface area contributed by atoms with Crippen molar-refractivity contribution in [3.05, 3.63) is 65.9 Å². The number of nitrogens with zero attached hydrogens (tertiary/aromatic N) is 1. The van der Waals surface area contributed by atoms with Crippen LogP contribution in [0, 0.1) is 11.3 Å². The average Bonchev–Trinajstić information content (AvgIpc) is 2.56. The van der Waals surface area contributed by atoms with Gasteiger partial charge in [0.15, 0.2) is 0 Å². The largest absolute Gasteiger partial charge is 0.506 e. The number of hydrogen-bond acceptors (Lipinski definition) is 4. The molecular weight excluding hydrogens is 335 g/mol. The van der Waals surface area contributed by atoms with E-state index in [9.17, 15) is 23.1 Å². The van der Waals surface area contributed by atoms with Crippen molar-refractivity contribution in [1.29, 1.82) is 5.26 Å². The van der Waals surface area contributed by atoms with Crippen LogP contribution in [0.1, 0.15) is 5.56 Å². The fraction of sp³-hybridized carbons (Fsp3) is 0.0588. The van der Waals surface area contributed by atoms with Crippen LogP contribution >= 0.6 is 0 Å². The Balaban J connectivity index is 2.21. The molecule has 3 N–H and O–H groups in total. The van der Waals surface area contributed by atoms with Crippen LogP contribution in [0.3, 0.4) is 0 Å². The van der Waals surface area contributed by atoms with Crippen LogP contribution in [0.2, 0.25) is 0 Å². The quantitative estimate of drug-likeness (QED) is 0.445. The van der Waals surface area contributed by atoms with Crippen molar-refractivity contribution in [2.24, 2.45) is 0 Å². The highest BCUT2D eigenvalue weighted by molar-refractivity contribution is 6.07. The molecule has 25 heavy (non-hydrogen) atoms. The van der Waals surface area contributed by atoms with Crippen molar-refractivity contribution in [1.82, 2.24) is 0 Å². The molecule has 1 amide bonds. The van der Waals surface area contributed by atoms with Crippen LogP contribution in [0.15, 0.2) is 60.3 Å². The van der Waals surface area contributed by atoms with Crippen LogP contribution in [0.25, 0.3) is 0 Å². The van der Waals surface area contributed by atoms with Crippen LogP contribution in [0.4, 0.5) is 24.5 Å². The van der Waals surface area contributed by atoms with Crippen LogP contribution in [-0.2, 0) is 11.0 Å². The molecule has 0 aliphatic carbocycles. The van der Waals surface area contributed by atoms with Gasteiger partial charge in [-0.25, -0.2) is 0 Å². The van der Waals surface area contributed by atoms with E-state index in [-0.39, 0.29) is 11.4 Å². The van der Waals surface area contributed by atoms with Crippen molar-refractivity contribution in [2.75, 3.05) is 10.6 Å². The molecule has 0 atom stereocenters. The third-order valence-corrected chi connectivity index (χ3v) is 3.12. The summed E-state index contributed by atoms with van der Waals surface area (Å²) in [7, 11) is 0. The molecule has 0 saturated carbocycles. The third kappa shape index (κ3) is 4.51. The maximum Gasteiger partial charge on any atom is 0.418 e. The molecule has 0 fully saturated rings. The minimum atomic E-state index is -4.64. The lowest BCUT2D eigenvalue weighted by Crippen LogP contribution is -2.18. The van der Waals surface area contributed by atoms with Gasteiger partial charge in [0.1, 0.15) is 17.4 Å². The summed E-state index contributed by atoms with van der Waals surface area (Å²) >= 11 is 0. The van der Waals surface area contributed by atoms with Crippen LogP contribution in [0.5, 0.6) is 5.75 Å². The molecule has 0 aliphatic heterocycles. The number of carbonyl (C=O) groups excluding carboxylic acids is 1. The van der Waals surface area contributed by atoms with Gasteiger partial charge in [-0.2, -0.15) is 18.4 Å². The van der Waals surface area contributed by atoms with Gasteiger partial charge in [0, 0.05) is 6.20 Å². The number of phenols is 1. The normalized spacial score (nSPS) is 11.5. The number of hydrogen-bond donors (Lipinski definition) is 3. The minimum Gasteiger partial charge on any atom is -0.506 e. The highest BCUT2D eigenvalue weighted by atomic mass is 19.4. The van der Waals surface area contributed by atoms with E-state index in [1.807, 2.05) is 0 Å². The van der Waals surface area contributed by atoms with Gasteiger partial charge in [-0.1, -0.05) is 24.3 Å². The summed E-state index contributed by atoms with van der Waals surface area (Å²) in [5.74, 6) is -1.12. The standard InChI is InChI=1S/C17H12F3N3O2/c18-17(19,20)12-5-1-2-6-13(12)23-16(25)11(9-21)10-22-14-7-3-4-8-15(14)24/h1-8,10,22,24H,(H,23,25)/b11-10-. The molecule has 0 aromatic heterocycles. The Hall–Kier alpha value is -3.47. The van der Waals surface area contributed by atoms with E-state index >= 15 is 0 Å². The van der Waals surface area contributed by atoms with Crippen LogP contribution in [-0.4, -0.2) is 11.0 Å². The van der Waals surface area contributed by atoms with Gasteiger partial charge in [-0.15, -0.1) is 0 Å². The molecule has 0 aliphatic rings. The Labute approximate surface area is 141 Å². The number of benzene rings is 2. The van der Waals surface area contributed by atoms with Crippen molar-refractivity contribution < 1.29 is 23.1 Å². The van der Waals surface area contributed by atoms with Gasteiger partial charge in [0.2, 0.25) is 0 Å². The first-order chi connectivity index (χ1) is 11.8. The summed E-state index contributed by atoms with van der Waals surface area (Å²) in [6, 6.07) is 12.1. The van der Waals surface area contributed by atoms with E-state index in [1.165, 1.54) is 24.3 Å². The first-order valence-corrected chi connectivity index (χ1v) is 6.95. The molecule has 0 unspecified atom stereocenters. The molecule has 5 nitrogen and oxygen atoms in total. The Morgan fingerprint density at radius 2 is 1.68 bits per heavy atom. The summed E-state index contributed by atoms with van der Waals surface area (Å²) in [5, 5.41) is 23.3. The lowest BCUT2D eigenvalue weighted by molar-refractivity contribution is -0.137. The fourth-order valence-electron chi connectivity index (χ4n) is 1.92. The molecule has 8 heteroatoms. The van der Waals surface area contributed by atoms with Gasteiger partial charge < -0.3 is 15.7 Å². The molecule has 0 saturated heterocycles. The highest BCUT2D eigenvalue weighted by Gasteiger charge is 2.33. The molecular formula is C17H12F3N3O2. The Morgan fingerprint density at radius 1 is 1.08 bits per heavy atom. The number of para-hydroxylation sites is 3. The smallest absolute Gasteiger partial charge is 0.418 e. The number of halogens is 3. The summed E-state index contributed by atoms with van der Waals surface area (Å²) in [6.07, 6.45) is -3.64. The van der Waals surface area contributed by atoms with E-state index in [1.54, 1.807) is 18.2 Å². The molecule has 0 heterocycles. The molecule has 0 radical (unpaired) electrons. The Kier molecular flexibility index (Phi) is 5.29. The lowest BCUT2D eigenvalue weighted by atomic mass is 10.1. The molecule has 0 bridgehead atoms. The van der Waals surface area contributed by atoms with Gasteiger partial charge in [0.25, 0.3) is 5.91 Å². The molecule has 2 aromatic carbocycles. The number of anilines is 2. The zero-order valence-electron chi connectivity index (χ0n) is 12.6. The number of phenolic OH excluding ortho intramolecular Hbond substituents is 1. The number of nitrogens with one attached hydrogen (secondary N) is 2. The summed E-state index contributed by atoms with van der Waals surface area (Å²) < 4.78 is 38.8. The average molecular weight is 347 g/mol. The summed E-state index contributed by atoms with van der Waals surface area (Å²) in [5.41, 5.74) is -1.70. The van der Waals surface area contributed by atoms with Crippen molar-refractivity contribution in [3.63, 3.8) is 0 Å². The van der Waals surface area contributed by atoms with Crippen molar-refractivity contribution >= 4 is 17.3 Å². The predicted octanol–water partition coefficient (Wildman–Crippen LogP) is 3.87. The lowest BCUT2D eigenvalue weighted by Gasteiger charge is -2.13. The molecule has 2 aromatic rings. The zero-order valence-corrected chi connectivity index (χ0v) is 12.6. The van der Waals surface area contributed by atoms with E-state index in [0.717, 1.165) is 18.3 Å². The fourth-order valence-corrected chi connectivity index (χ4v) is 1.92. The van der Waals surface area contributed by atoms with E-state index in [2.05, 4.69) is 10.6 Å². The first kappa shape index (κ1) is 17.9. The van der Waals surface area contributed by atoms with E-state index in [4.69, 9.17) is 5.26 Å². The number of rotatable bonds is 4. The number of nitriles is 1. The molecule has 128 valence electrons. The Bertz CT molecular complexity index is 855. The zero-order chi connectivity index (χ0) is 18.4. The number of aromatic hydroxyl groups is 1. The highest BCUT2D eigenvalue weighted by Crippen LogP contribution is 2.34. The van der Waals surface area contributed by atoms with E-state index in [0.29, 0.717) is 0 Å². The first-order valence-electron chi connectivity index (χ1n) is 6.95.